The smallest absolute Gasteiger partial charge is 0.320 e. The number of aliphatic hydroxyl groups excluding tert-OH is 1. The Labute approximate surface area is 473 Å². The number of piperidine rings is 2. The Morgan fingerprint density at radius 1 is 0.950 bits per heavy atom. The van der Waals surface area contributed by atoms with Gasteiger partial charge in [-0.3, -0.25) is 19.2 Å². The summed E-state index contributed by atoms with van der Waals surface area (Å²) in [4.78, 5) is 90.3. The number of nitrogens with zero attached hydrogens (tertiary/aromatic N) is 8. The number of thiazole rings is 1. The first-order chi connectivity index (χ1) is 38.3. The molecule has 21 heteroatoms. The third-order valence-electron chi connectivity index (χ3n) is 16.6. The molecule has 4 aromatic rings. The highest BCUT2D eigenvalue weighted by atomic mass is 32.1. The van der Waals surface area contributed by atoms with Crippen LogP contribution in [0.5, 0.6) is 5.75 Å². The minimum absolute atomic E-state index is 0.0279. The fourth-order valence-electron chi connectivity index (χ4n) is 11.6. The van der Waals surface area contributed by atoms with E-state index in [1.165, 1.54) is 10.5 Å². The number of halogens is 1. The zero-order chi connectivity index (χ0) is 56.7. The van der Waals surface area contributed by atoms with Gasteiger partial charge in [-0.05, 0) is 98.9 Å². The second-order valence-electron chi connectivity index (χ2n) is 23.7. The number of hydrogen-bond donors (Lipinski definition) is 5. The minimum Gasteiger partial charge on any atom is -0.493 e. The molecule has 1 aliphatic carbocycles. The van der Waals surface area contributed by atoms with Gasteiger partial charge >= 0.3 is 6.03 Å². The standard InChI is InChI=1S/C59H81FN12O7S/c1-38-51(80-37-65-38)41-14-15-42(32-63-55(76)46-31-45(73)35-72(46)56(77)52(58(2,3)4)64-36-59(60)22-23-59)47(30-41)79-29-10-8-6-7-9-13-49(74)69-25-20-40(21-26-69)39-16-18-43(19-17-39)66-54-50(53(61)75)62-33-48(67-54)70-24-11-12-44(34-70)71-28-27-68(5)57(71)78/h14-19,30,33,37,40,44-46,52,64,73H,6-13,20-29,31-32,34-36H2,1-5H3,(H2,61,75)(H,63,76)(H,66,67)/t44-,45-,46+,52-/m1/s1. The van der Waals surface area contributed by atoms with Crippen molar-refractivity contribution in [1.29, 1.82) is 0 Å². The number of β-amino-alcohol motifs (C(OH)–C–C–N with tert-alkyl or cyclic N) is 1. The molecule has 1 saturated carbocycles. The molecule has 19 nitrogen and oxygen atoms in total. The number of ether oxygens (including phenoxy) is 1. The molecule has 5 fully saturated rings. The van der Waals surface area contributed by atoms with Crippen LogP contribution < -0.4 is 31.3 Å². The third kappa shape index (κ3) is 14.3. The molecule has 6 N–H and O–H groups in total. The van der Waals surface area contributed by atoms with Gasteiger partial charge in [0, 0.05) is 90.0 Å². The van der Waals surface area contributed by atoms with Crippen LogP contribution in [0.2, 0.25) is 0 Å². The highest BCUT2D eigenvalue weighted by Crippen LogP contribution is 2.40. The van der Waals surface area contributed by atoms with E-state index in [4.69, 9.17) is 15.5 Å². The number of likely N-dealkylation sites (N-methyl/N-ethyl adjacent to an activating group) is 1. The average molecular weight is 1120 g/mol. The summed E-state index contributed by atoms with van der Waals surface area (Å²) in [5.41, 5.74) is 10.4. The predicted molar refractivity (Wildman–Crippen MR) is 307 cm³/mol. The lowest BCUT2D eigenvalue weighted by Crippen LogP contribution is -2.57. The number of benzene rings is 2. The van der Waals surface area contributed by atoms with Crippen molar-refractivity contribution >= 4 is 58.3 Å². The number of amides is 6. The first-order valence-corrected chi connectivity index (χ1v) is 29.6. The number of hydrogen-bond acceptors (Lipinski definition) is 14. The van der Waals surface area contributed by atoms with Crippen molar-refractivity contribution in [3.8, 4) is 16.2 Å². The number of carbonyl (C=O) groups is 5. The van der Waals surface area contributed by atoms with E-state index >= 15 is 0 Å². The first kappa shape index (κ1) is 58.2. The van der Waals surface area contributed by atoms with Crippen molar-refractivity contribution in [2.24, 2.45) is 11.1 Å². The number of nitrogens with one attached hydrogen (secondary N) is 3. The number of likely N-dealkylation sites (tertiary alicyclic amines) is 2. The summed E-state index contributed by atoms with van der Waals surface area (Å²) in [6.07, 6.45) is 10.3. The Balaban J connectivity index is 0.700. The van der Waals surface area contributed by atoms with Gasteiger partial charge < -0.3 is 56.0 Å². The Morgan fingerprint density at radius 3 is 2.39 bits per heavy atom. The highest BCUT2D eigenvalue weighted by molar-refractivity contribution is 7.13. The van der Waals surface area contributed by atoms with Crippen molar-refractivity contribution < 1.29 is 38.2 Å². The summed E-state index contributed by atoms with van der Waals surface area (Å²) in [5.74, 6) is 0.707. The van der Waals surface area contributed by atoms with Gasteiger partial charge in [0.05, 0.1) is 47.1 Å². The fourth-order valence-corrected chi connectivity index (χ4v) is 12.4. The first-order valence-electron chi connectivity index (χ1n) is 28.8. The number of primary amides is 1. The third-order valence-corrected chi connectivity index (χ3v) is 17.6. The zero-order valence-corrected chi connectivity index (χ0v) is 48.0. The van der Waals surface area contributed by atoms with Gasteiger partial charge in [-0.25, -0.2) is 24.1 Å². The van der Waals surface area contributed by atoms with Crippen molar-refractivity contribution in [2.75, 3.05) is 76.2 Å². The van der Waals surface area contributed by atoms with Crippen molar-refractivity contribution in [3.63, 3.8) is 0 Å². The molecule has 9 rings (SSSR count). The summed E-state index contributed by atoms with van der Waals surface area (Å²) in [6, 6.07) is 12.6. The molecular formula is C59H81FN12O7S. The van der Waals surface area contributed by atoms with E-state index in [1.54, 1.807) is 22.4 Å². The molecule has 4 atom stereocenters. The summed E-state index contributed by atoms with van der Waals surface area (Å²) in [7, 11) is 1.83. The lowest BCUT2D eigenvalue weighted by atomic mass is 9.85. The second-order valence-corrected chi connectivity index (χ2v) is 24.6. The molecule has 2 aromatic heterocycles. The number of aryl methyl sites for hydroxylation is 1. The van der Waals surface area contributed by atoms with Crippen LogP contribution in [0.4, 0.5) is 26.5 Å². The van der Waals surface area contributed by atoms with Gasteiger partial charge in [0.2, 0.25) is 17.7 Å². The van der Waals surface area contributed by atoms with E-state index in [0.29, 0.717) is 76.1 Å². The molecule has 80 heavy (non-hydrogen) atoms. The van der Waals surface area contributed by atoms with Crippen LogP contribution in [0.1, 0.15) is 137 Å². The van der Waals surface area contributed by atoms with Gasteiger partial charge in [0.25, 0.3) is 5.91 Å². The number of anilines is 3. The maximum atomic E-state index is 14.6. The second kappa shape index (κ2) is 25.6. The van der Waals surface area contributed by atoms with Gasteiger partial charge in [-0.2, -0.15) is 0 Å². The van der Waals surface area contributed by atoms with Gasteiger partial charge in [-0.15, -0.1) is 11.3 Å². The van der Waals surface area contributed by atoms with Crippen LogP contribution in [0.3, 0.4) is 0 Å². The molecule has 0 spiro atoms. The lowest BCUT2D eigenvalue weighted by molar-refractivity contribution is -0.142. The molecule has 0 radical (unpaired) electrons. The highest BCUT2D eigenvalue weighted by Gasteiger charge is 2.48. The van der Waals surface area contributed by atoms with Gasteiger partial charge in [0.1, 0.15) is 23.3 Å². The molecule has 2 aromatic carbocycles. The SMILES string of the molecule is Cc1ncsc1-c1ccc(CNC(=O)[C@@H]2C[C@@H](O)CN2C(=O)[C@@H](NCC2(F)CC2)C(C)(C)C)c(OCCCCCCCC(=O)N2CCC(c3ccc(Nc4nc(N5CCC[C@@H](N6CCN(C)C6=O)C5)cnc4C(N)=O)cc3)CC2)c1. The van der Waals surface area contributed by atoms with Gasteiger partial charge in [0.15, 0.2) is 11.5 Å². The van der Waals surface area contributed by atoms with Gasteiger partial charge in [-0.1, -0.05) is 64.3 Å². The summed E-state index contributed by atoms with van der Waals surface area (Å²) < 4.78 is 21.1. The molecular weight excluding hydrogens is 1040 g/mol. The zero-order valence-electron chi connectivity index (χ0n) is 47.2. The van der Waals surface area contributed by atoms with E-state index in [-0.39, 0.29) is 67.4 Å². The number of aliphatic hydroxyl groups is 1. The number of nitrogens with two attached hydrogens (primary N) is 1. The number of rotatable bonds is 23. The van der Waals surface area contributed by atoms with Crippen LogP contribution in [0, 0.1) is 12.3 Å². The summed E-state index contributed by atoms with van der Waals surface area (Å²) >= 11 is 1.55. The average Bonchev–Trinajstić information content (AvgIpc) is 3.66. The monoisotopic (exact) mass is 1120 g/mol. The Morgan fingerprint density at radius 2 is 1.70 bits per heavy atom. The Bertz CT molecular complexity index is 2830. The van der Waals surface area contributed by atoms with Crippen molar-refractivity contribution in [1.82, 2.24) is 45.2 Å². The largest absolute Gasteiger partial charge is 0.493 e. The van der Waals surface area contributed by atoms with Crippen LogP contribution >= 0.6 is 11.3 Å². The molecule has 0 bridgehead atoms. The molecule has 4 aliphatic heterocycles. The molecule has 0 unspecified atom stereocenters. The van der Waals surface area contributed by atoms with E-state index < -0.39 is 35.2 Å². The van der Waals surface area contributed by atoms with E-state index in [9.17, 15) is 33.5 Å². The number of unbranched alkanes of at least 4 members (excludes halogenated alkanes) is 4. The van der Waals surface area contributed by atoms with Crippen LogP contribution in [0.15, 0.2) is 54.2 Å². The molecule has 5 aliphatic rings. The lowest BCUT2D eigenvalue weighted by Gasteiger charge is -2.37. The van der Waals surface area contributed by atoms with Crippen molar-refractivity contribution in [2.45, 2.75) is 154 Å². The minimum atomic E-state index is -1.30. The molecule has 432 valence electrons. The van der Waals surface area contributed by atoms with Crippen LogP contribution in [0.25, 0.3) is 10.4 Å². The summed E-state index contributed by atoms with van der Waals surface area (Å²) in [5, 5.41) is 20.1. The number of urea groups is 1. The summed E-state index contributed by atoms with van der Waals surface area (Å²) in [6.45, 7) is 12.7. The number of alkyl halides is 1. The maximum Gasteiger partial charge on any atom is 0.320 e. The molecule has 6 heterocycles. The van der Waals surface area contributed by atoms with Crippen molar-refractivity contribution in [3.05, 3.63) is 76.7 Å². The van der Waals surface area contributed by atoms with E-state index in [1.807, 2.05) is 80.4 Å². The molecule has 6 amide bonds. The Kier molecular flexibility index (Phi) is 18.6. The molecule has 4 saturated heterocycles. The predicted octanol–water partition coefficient (Wildman–Crippen LogP) is 7.30. The normalized spacial score (nSPS) is 20.8. The Hall–Kier alpha value is -6.45. The topological polar surface area (TPSA) is 232 Å². The number of carbonyl (C=O) groups excluding carboxylic acids is 5. The maximum absolute atomic E-state index is 14.6. The van der Waals surface area contributed by atoms with Crippen LogP contribution in [-0.2, 0) is 20.9 Å². The number of aromatic nitrogens is 3. The quantitative estimate of drug-likeness (QED) is 0.0460. The van der Waals surface area contributed by atoms with E-state index in [2.05, 4.69) is 43.0 Å². The van der Waals surface area contributed by atoms with E-state index in [0.717, 1.165) is 91.7 Å². The fraction of sp³-hybridized carbons (Fsp3) is 0.593. The van der Waals surface area contributed by atoms with Crippen LogP contribution in [-0.4, -0.2) is 165 Å².